The Labute approximate surface area is 89.9 Å². The highest BCUT2D eigenvalue weighted by molar-refractivity contribution is 7.33. The average Bonchev–Trinajstić information content (AvgIpc) is 1.96. The van der Waals surface area contributed by atoms with E-state index >= 15 is 0 Å². The minimum atomic E-state index is -2.44. The molecule has 5 heteroatoms. The number of hydrogen-bond donors (Lipinski definition) is 0. The van der Waals surface area contributed by atoms with Crippen LogP contribution in [0.25, 0.3) is 0 Å². The first kappa shape index (κ1) is 14.3. The lowest BCUT2D eigenvalue weighted by Gasteiger charge is -2.40. The average molecular weight is 236 g/mol. The van der Waals surface area contributed by atoms with Gasteiger partial charge in [-0.25, -0.2) is 0 Å². The van der Waals surface area contributed by atoms with E-state index < -0.39 is 15.9 Å². The molecule has 0 aromatic rings. The summed E-state index contributed by atoms with van der Waals surface area (Å²) < 4.78 is 17.2. The molecule has 0 unspecified atom stereocenters. The van der Waals surface area contributed by atoms with Crippen LogP contribution in [0.15, 0.2) is 0 Å². The Kier molecular flexibility index (Phi) is 4.54. The first-order valence-electron chi connectivity index (χ1n) is 4.88. The van der Waals surface area contributed by atoms with E-state index in [1.165, 1.54) is 0 Å². The summed E-state index contributed by atoms with van der Waals surface area (Å²) in [7, 11) is -0.628. The number of hydrogen-bond acceptors (Lipinski definition) is 3. The van der Waals surface area contributed by atoms with E-state index in [-0.39, 0.29) is 5.60 Å². The third kappa shape index (κ3) is 3.47. The van der Waals surface area contributed by atoms with Crippen molar-refractivity contribution in [3.05, 3.63) is 0 Å². The van der Waals surface area contributed by atoms with Crippen molar-refractivity contribution < 1.29 is 13.3 Å². The quantitative estimate of drug-likeness (QED) is 0.702. The normalized spacial score (nSPS) is 14.6. The molecule has 0 saturated carbocycles. The lowest BCUT2D eigenvalue weighted by atomic mass is 10.2. The summed E-state index contributed by atoms with van der Waals surface area (Å²) in [6.07, 6.45) is 0. The van der Waals surface area contributed by atoms with Gasteiger partial charge in [-0.05, 0) is 20.8 Å². The fourth-order valence-electron chi connectivity index (χ4n) is 1.34. The van der Waals surface area contributed by atoms with Crippen molar-refractivity contribution in [3.63, 3.8) is 0 Å². The molecular formula is C9H24O3Si2. The molecule has 0 saturated heterocycles. The molecule has 0 aromatic heterocycles. The first-order valence-corrected chi connectivity index (χ1v) is 11.1. The maximum atomic E-state index is 6.04. The van der Waals surface area contributed by atoms with Crippen molar-refractivity contribution in [2.45, 2.75) is 46.0 Å². The van der Waals surface area contributed by atoms with Gasteiger partial charge in [0.1, 0.15) is 7.59 Å². The topological polar surface area (TPSA) is 27.7 Å². The van der Waals surface area contributed by atoms with Gasteiger partial charge in [0.05, 0.1) is 5.60 Å². The predicted molar refractivity (Wildman–Crippen MR) is 64.0 cm³/mol. The van der Waals surface area contributed by atoms with Crippen LogP contribution in [0, 0.1) is 0 Å². The fraction of sp³-hybridized carbons (Fsp3) is 1.00. The third-order valence-electron chi connectivity index (χ3n) is 1.90. The monoisotopic (exact) mass is 236 g/mol. The van der Waals surface area contributed by atoms with Crippen LogP contribution in [0.5, 0.6) is 0 Å². The Morgan fingerprint density at radius 1 is 0.857 bits per heavy atom. The lowest BCUT2D eigenvalue weighted by Crippen LogP contribution is -2.65. The van der Waals surface area contributed by atoms with Crippen LogP contribution in [0.4, 0.5) is 0 Å². The Balaban J connectivity index is 4.91. The van der Waals surface area contributed by atoms with Crippen LogP contribution in [-0.2, 0) is 13.3 Å². The van der Waals surface area contributed by atoms with Gasteiger partial charge in [0.2, 0.25) is 0 Å². The van der Waals surface area contributed by atoms with Gasteiger partial charge in [-0.15, -0.1) is 0 Å². The van der Waals surface area contributed by atoms with E-state index in [0.29, 0.717) is 0 Å². The highest BCUT2D eigenvalue weighted by Gasteiger charge is 2.54. The molecular weight excluding hydrogens is 212 g/mol. The van der Waals surface area contributed by atoms with Gasteiger partial charge in [-0.2, -0.15) is 0 Å². The SMILES string of the molecule is CO[Si](OC)(OC(C)(C)C)[Si](C)(C)C. The standard InChI is InChI=1S/C9H24O3Si2/c1-9(2,3)12-14(10-4,11-5)13(6,7)8/h1-8H3. The molecule has 0 N–H and O–H groups in total. The molecule has 0 aliphatic rings. The third-order valence-corrected chi connectivity index (χ3v) is 12.7. The van der Waals surface area contributed by atoms with Gasteiger partial charge in [-0.1, -0.05) is 19.6 Å². The largest absolute Gasteiger partial charge is 0.469 e. The molecule has 14 heavy (non-hydrogen) atoms. The van der Waals surface area contributed by atoms with Crippen LogP contribution >= 0.6 is 0 Å². The second-order valence-corrected chi connectivity index (χ2v) is 18.4. The fourth-order valence-corrected chi connectivity index (χ4v) is 9.52. The molecule has 0 heterocycles. The minimum absolute atomic E-state index is 0.210. The smallest absolute Gasteiger partial charge is 0.380 e. The van der Waals surface area contributed by atoms with E-state index in [2.05, 4.69) is 19.6 Å². The Morgan fingerprint density at radius 3 is 1.29 bits per heavy atom. The summed E-state index contributed by atoms with van der Waals surface area (Å²) in [6.45, 7) is 12.8. The van der Waals surface area contributed by atoms with Gasteiger partial charge >= 0.3 is 8.32 Å². The molecule has 0 amide bonds. The Morgan fingerprint density at radius 2 is 1.21 bits per heavy atom. The van der Waals surface area contributed by atoms with Crippen LogP contribution in [0.3, 0.4) is 0 Å². The zero-order valence-electron chi connectivity index (χ0n) is 10.7. The molecule has 0 fully saturated rings. The van der Waals surface area contributed by atoms with Crippen molar-refractivity contribution in [1.29, 1.82) is 0 Å². The molecule has 0 aromatic carbocycles. The summed E-state index contributed by atoms with van der Waals surface area (Å²) in [4.78, 5) is 0. The maximum Gasteiger partial charge on any atom is 0.469 e. The molecule has 3 nitrogen and oxygen atoms in total. The minimum Gasteiger partial charge on any atom is -0.380 e. The van der Waals surface area contributed by atoms with Gasteiger partial charge in [-0.3, -0.25) is 0 Å². The molecule has 0 bridgehead atoms. The Hall–Kier alpha value is 0.314. The molecule has 0 spiro atoms. The molecule has 0 aliphatic heterocycles. The van der Waals surface area contributed by atoms with Crippen LogP contribution in [-0.4, -0.2) is 35.7 Å². The van der Waals surface area contributed by atoms with Crippen LogP contribution < -0.4 is 0 Å². The van der Waals surface area contributed by atoms with E-state index in [0.717, 1.165) is 0 Å². The van der Waals surface area contributed by atoms with E-state index in [1.807, 2.05) is 20.8 Å². The lowest BCUT2D eigenvalue weighted by molar-refractivity contribution is 0.0309. The highest BCUT2D eigenvalue weighted by atomic mass is 29.3. The number of rotatable bonds is 4. The molecule has 0 aliphatic carbocycles. The molecule has 0 radical (unpaired) electrons. The molecule has 86 valence electrons. The summed E-state index contributed by atoms with van der Waals surface area (Å²) in [5.74, 6) is 0. The van der Waals surface area contributed by atoms with Gasteiger partial charge in [0, 0.05) is 14.2 Å². The molecule has 0 atom stereocenters. The zero-order valence-corrected chi connectivity index (χ0v) is 12.7. The van der Waals surface area contributed by atoms with Crippen LogP contribution in [0.2, 0.25) is 19.6 Å². The van der Waals surface area contributed by atoms with Crippen molar-refractivity contribution in [1.82, 2.24) is 0 Å². The summed E-state index contributed by atoms with van der Waals surface area (Å²) in [5, 5.41) is 0. The predicted octanol–water partition coefficient (Wildman–Crippen LogP) is 2.45. The van der Waals surface area contributed by atoms with Crippen molar-refractivity contribution in [2.75, 3.05) is 14.2 Å². The van der Waals surface area contributed by atoms with Gasteiger partial charge < -0.3 is 13.3 Å². The zero-order chi connectivity index (χ0) is 11.6. The van der Waals surface area contributed by atoms with Crippen molar-refractivity contribution in [2.24, 2.45) is 0 Å². The van der Waals surface area contributed by atoms with E-state index in [9.17, 15) is 0 Å². The first-order chi connectivity index (χ1) is 6.08. The van der Waals surface area contributed by atoms with E-state index in [1.54, 1.807) is 14.2 Å². The molecule has 0 rings (SSSR count). The maximum absolute atomic E-state index is 6.04. The second kappa shape index (κ2) is 4.44. The van der Waals surface area contributed by atoms with Crippen LogP contribution in [0.1, 0.15) is 20.8 Å². The second-order valence-electron chi connectivity index (χ2n) is 5.43. The van der Waals surface area contributed by atoms with Crippen molar-refractivity contribution in [3.8, 4) is 0 Å². The van der Waals surface area contributed by atoms with E-state index in [4.69, 9.17) is 13.3 Å². The summed E-state index contributed by atoms with van der Waals surface area (Å²) in [5.41, 5.74) is -0.210. The van der Waals surface area contributed by atoms with Crippen molar-refractivity contribution >= 4 is 15.9 Å². The highest BCUT2D eigenvalue weighted by Crippen LogP contribution is 2.26. The van der Waals surface area contributed by atoms with Gasteiger partial charge in [0.15, 0.2) is 0 Å². The summed E-state index contributed by atoms with van der Waals surface area (Å²) >= 11 is 0. The summed E-state index contributed by atoms with van der Waals surface area (Å²) in [6, 6.07) is 0. The van der Waals surface area contributed by atoms with Gasteiger partial charge in [0.25, 0.3) is 0 Å². The Bertz CT molecular complexity index is 177.